The third-order valence-electron chi connectivity index (χ3n) is 2.58. The molecule has 0 saturated carbocycles. The first-order valence-corrected chi connectivity index (χ1v) is 5.74. The SMILES string of the molecule is Nc1ccc(CC(=O)NCc2ccncc2)cc1. The Hall–Kier alpha value is -2.36. The van der Waals surface area contributed by atoms with Gasteiger partial charge in [-0.2, -0.15) is 0 Å². The zero-order valence-electron chi connectivity index (χ0n) is 9.97. The van der Waals surface area contributed by atoms with Gasteiger partial charge in [0.05, 0.1) is 6.42 Å². The van der Waals surface area contributed by atoms with Crippen LogP contribution in [0.1, 0.15) is 11.1 Å². The smallest absolute Gasteiger partial charge is 0.224 e. The van der Waals surface area contributed by atoms with Crippen molar-refractivity contribution in [3.63, 3.8) is 0 Å². The minimum absolute atomic E-state index is 0.00316. The Morgan fingerprint density at radius 1 is 1.06 bits per heavy atom. The van der Waals surface area contributed by atoms with Gasteiger partial charge < -0.3 is 11.1 Å². The minimum Gasteiger partial charge on any atom is -0.399 e. The van der Waals surface area contributed by atoms with Gasteiger partial charge in [-0.15, -0.1) is 0 Å². The molecule has 0 spiro atoms. The van der Waals surface area contributed by atoms with E-state index in [1.54, 1.807) is 24.5 Å². The molecule has 1 amide bonds. The zero-order valence-corrected chi connectivity index (χ0v) is 9.97. The number of hydrogen-bond donors (Lipinski definition) is 2. The number of aromatic nitrogens is 1. The summed E-state index contributed by atoms with van der Waals surface area (Å²) >= 11 is 0. The molecule has 0 unspecified atom stereocenters. The van der Waals surface area contributed by atoms with Gasteiger partial charge in [0.1, 0.15) is 0 Å². The first kappa shape index (κ1) is 12.1. The maximum absolute atomic E-state index is 11.7. The lowest BCUT2D eigenvalue weighted by molar-refractivity contribution is -0.120. The first-order valence-electron chi connectivity index (χ1n) is 5.74. The van der Waals surface area contributed by atoms with Crippen molar-refractivity contribution in [3.05, 3.63) is 59.9 Å². The normalized spacial score (nSPS) is 10.0. The van der Waals surface area contributed by atoms with Crippen LogP contribution in [0.3, 0.4) is 0 Å². The van der Waals surface area contributed by atoms with E-state index in [1.807, 2.05) is 24.3 Å². The molecule has 0 saturated heterocycles. The van der Waals surface area contributed by atoms with E-state index in [0.717, 1.165) is 11.1 Å². The highest BCUT2D eigenvalue weighted by molar-refractivity contribution is 5.78. The monoisotopic (exact) mass is 241 g/mol. The van der Waals surface area contributed by atoms with Crippen LogP contribution in [-0.2, 0) is 17.8 Å². The number of rotatable bonds is 4. The van der Waals surface area contributed by atoms with Gasteiger partial charge in [-0.25, -0.2) is 0 Å². The van der Waals surface area contributed by atoms with Crippen LogP contribution in [0.25, 0.3) is 0 Å². The Balaban J connectivity index is 1.84. The number of nitrogens with zero attached hydrogens (tertiary/aromatic N) is 1. The van der Waals surface area contributed by atoms with E-state index in [9.17, 15) is 4.79 Å². The summed E-state index contributed by atoms with van der Waals surface area (Å²) in [6, 6.07) is 11.1. The van der Waals surface area contributed by atoms with Crippen LogP contribution in [0.4, 0.5) is 5.69 Å². The molecule has 0 aliphatic heterocycles. The van der Waals surface area contributed by atoms with Gasteiger partial charge in [0.15, 0.2) is 0 Å². The number of nitrogen functional groups attached to an aromatic ring is 1. The van der Waals surface area contributed by atoms with Crippen molar-refractivity contribution in [2.24, 2.45) is 0 Å². The molecule has 4 heteroatoms. The number of anilines is 1. The lowest BCUT2D eigenvalue weighted by Crippen LogP contribution is -2.24. The van der Waals surface area contributed by atoms with Crippen LogP contribution in [0.2, 0.25) is 0 Å². The number of amides is 1. The van der Waals surface area contributed by atoms with Crippen LogP contribution in [-0.4, -0.2) is 10.9 Å². The molecule has 0 aliphatic rings. The Kier molecular flexibility index (Phi) is 3.91. The van der Waals surface area contributed by atoms with Crippen molar-refractivity contribution >= 4 is 11.6 Å². The maximum atomic E-state index is 11.7. The van der Waals surface area contributed by atoms with E-state index >= 15 is 0 Å². The van der Waals surface area contributed by atoms with E-state index in [1.165, 1.54) is 0 Å². The molecule has 1 aromatic heterocycles. The van der Waals surface area contributed by atoms with Gasteiger partial charge in [-0.3, -0.25) is 9.78 Å². The Morgan fingerprint density at radius 2 is 1.72 bits per heavy atom. The number of carbonyl (C=O) groups excluding carboxylic acids is 1. The molecule has 2 aromatic rings. The summed E-state index contributed by atoms with van der Waals surface area (Å²) in [6.45, 7) is 0.524. The number of nitrogens with one attached hydrogen (secondary N) is 1. The standard InChI is InChI=1S/C14H15N3O/c15-13-3-1-11(2-4-13)9-14(18)17-10-12-5-7-16-8-6-12/h1-8H,9-10,15H2,(H,17,18). The molecule has 0 bridgehead atoms. The summed E-state index contributed by atoms with van der Waals surface area (Å²) in [7, 11) is 0. The Labute approximate surface area is 106 Å². The van der Waals surface area contributed by atoms with Crippen molar-refractivity contribution < 1.29 is 4.79 Å². The van der Waals surface area contributed by atoms with Gasteiger partial charge >= 0.3 is 0 Å². The lowest BCUT2D eigenvalue weighted by atomic mass is 10.1. The molecular formula is C14H15N3O. The van der Waals surface area contributed by atoms with Crippen LogP contribution >= 0.6 is 0 Å². The molecule has 0 aliphatic carbocycles. The van der Waals surface area contributed by atoms with Gasteiger partial charge in [0, 0.05) is 24.6 Å². The Bertz CT molecular complexity index is 508. The fourth-order valence-electron chi connectivity index (χ4n) is 1.58. The van der Waals surface area contributed by atoms with Crippen molar-refractivity contribution in [1.82, 2.24) is 10.3 Å². The molecule has 2 rings (SSSR count). The summed E-state index contributed by atoms with van der Waals surface area (Å²) in [5.41, 5.74) is 8.28. The van der Waals surface area contributed by atoms with Crippen LogP contribution < -0.4 is 11.1 Å². The van der Waals surface area contributed by atoms with Gasteiger partial charge in [0.2, 0.25) is 5.91 Å². The summed E-state index contributed by atoms with van der Waals surface area (Å²) in [4.78, 5) is 15.6. The molecule has 0 atom stereocenters. The molecule has 1 aromatic carbocycles. The average molecular weight is 241 g/mol. The molecular weight excluding hydrogens is 226 g/mol. The summed E-state index contributed by atoms with van der Waals surface area (Å²) < 4.78 is 0. The van der Waals surface area contributed by atoms with E-state index in [4.69, 9.17) is 5.73 Å². The second-order valence-corrected chi connectivity index (χ2v) is 4.05. The third kappa shape index (κ3) is 3.59. The highest BCUT2D eigenvalue weighted by atomic mass is 16.1. The second-order valence-electron chi connectivity index (χ2n) is 4.05. The van der Waals surface area contributed by atoms with Crippen molar-refractivity contribution in [2.75, 3.05) is 5.73 Å². The summed E-state index contributed by atoms with van der Waals surface area (Å²) in [6.07, 6.45) is 3.79. The first-order chi connectivity index (χ1) is 8.74. The predicted octanol–water partition coefficient (Wildman–Crippen LogP) is 1.52. The molecule has 92 valence electrons. The van der Waals surface area contributed by atoms with Crippen LogP contribution in [0.5, 0.6) is 0 Å². The molecule has 0 fully saturated rings. The quantitative estimate of drug-likeness (QED) is 0.797. The number of nitrogens with two attached hydrogens (primary N) is 1. The fourth-order valence-corrected chi connectivity index (χ4v) is 1.58. The van der Waals surface area contributed by atoms with E-state index in [-0.39, 0.29) is 5.91 Å². The lowest BCUT2D eigenvalue weighted by Gasteiger charge is -2.05. The van der Waals surface area contributed by atoms with Crippen LogP contribution in [0.15, 0.2) is 48.8 Å². The van der Waals surface area contributed by atoms with Crippen LogP contribution in [0, 0.1) is 0 Å². The Morgan fingerprint density at radius 3 is 2.39 bits per heavy atom. The van der Waals surface area contributed by atoms with Crippen molar-refractivity contribution in [1.29, 1.82) is 0 Å². The topological polar surface area (TPSA) is 68.0 Å². The van der Waals surface area contributed by atoms with E-state index in [0.29, 0.717) is 18.7 Å². The summed E-state index contributed by atoms with van der Waals surface area (Å²) in [5.74, 6) is -0.00316. The van der Waals surface area contributed by atoms with Gasteiger partial charge in [0.25, 0.3) is 0 Å². The van der Waals surface area contributed by atoms with E-state index in [2.05, 4.69) is 10.3 Å². The number of pyridine rings is 1. The highest BCUT2D eigenvalue weighted by Crippen LogP contribution is 2.06. The number of benzene rings is 1. The molecule has 3 N–H and O–H groups in total. The molecule has 4 nitrogen and oxygen atoms in total. The van der Waals surface area contributed by atoms with Crippen molar-refractivity contribution in [2.45, 2.75) is 13.0 Å². The van der Waals surface area contributed by atoms with E-state index < -0.39 is 0 Å². The number of hydrogen-bond acceptors (Lipinski definition) is 3. The summed E-state index contributed by atoms with van der Waals surface area (Å²) in [5, 5.41) is 2.86. The largest absolute Gasteiger partial charge is 0.399 e. The minimum atomic E-state index is -0.00316. The predicted molar refractivity (Wildman–Crippen MR) is 70.6 cm³/mol. The average Bonchev–Trinajstić information content (AvgIpc) is 2.40. The van der Waals surface area contributed by atoms with Gasteiger partial charge in [-0.05, 0) is 35.4 Å². The third-order valence-corrected chi connectivity index (χ3v) is 2.58. The molecule has 18 heavy (non-hydrogen) atoms. The maximum Gasteiger partial charge on any atom is 0.224 e. The van der Waals surface area contributed by atoms with Gasteiger partial charge in [-0.1, -0.05) is 12.1 Å². The number of carbonyl (C=O) groups is 1. The molecule has 1 heterocycles. The fraction of sp³-hybridized carbons (Fsp3) is 0.143. The zero-order chi connectivity index (χ0) is 12.8. The second kappa shape index (κ2) is 5.82. The highest BCUT2D eigenvalue weighted by Gasteiger charge is 2.02. The molecule has 0 radical (unpaired) electrons. The van der Waals surface area contributed by atoms with Crippen molar-refractivity contribution in [3.8, 4) is 0 Å².